The van der Waals surface area contributed by atoms with Crippen LogP contribution in [0, 0.1) is 0 Å². The summed E-state index contributed by atoms with van der Waals surface area (Å²) in [6, 6.07) is 3.76. The first-order chi connectivity index (χ1) is 8.36. The molecule has 0 aliphatic heterocycles. The maximum atomic E-state index is 5.31. The molecule has 1 N–H and O–H groups in total. The molecule has 3 aromatic heterocycles. The van der Waals surface area contributed by atoms with Gasteiger partial charge in [-0.05, 0) is 12.1 Å². The Balaban J connectivity index is 1.94. The monoisotopic (exact) mass is 263 g/mol. The van der Waals surface area contributed by atoms with Crippen molar-refractivity contribution in [3.8, 4) is 22.2 Å². The van der Waals surface area contributed by atoms with Crippen LogP contribution in [0.15, 0.2) is 33.6 Å². The second-order valence-corrected chi connectivity index (χ2v) is 5.02. The van der Waals surface area contributed by atoms with Crippen LogP contribution in [-0.4, -0.2) is 17.0 Å². The van der Waals surface area contributed by atoms with Crippen molar-refractivity contribution in [2.45, 2.75) is 0 Å². The zero-order valence-electron chi connectivity index (χ0n) is 9.01. The Morgan fingerprint density at radius 1 is 1.18 bits per heavy atom. The van der Waals surface area contributed by atoms with Gasteiger partial charge < -0.3 is 9.73 Å². The molecule has 4 nitrogen and oxygen atoms in total. The summed E-state index contributed by atoms with van der Waals surface area (Å²) in [5, 5.41) is 8.78. The molecule has 0 fully saturated rings. The fourth-order valence-corrected chi connectivity index (χ4v) is 2.86. The lowest BCUT2D eigenvalue weighted by molar-refractivity contribution is 0.582. The fourth-order valence-electron chi connectivity index (χ4n) is 1.41. The number of hydrogen-bond donors (Lipinski definition) is 1. The normalized spacial score (nSPS) is 10.6. The van der Waals surface area contributed by atoms with Crippen LogP contribution in [0.4, 0.5) is 5.13 Å². The van der Waals surface area contributed by atoms with E-state index in [1.165, 1.54) is 0 Å². The summed E-state index contributed by atoms with van der Waals surface area (Å²) in [7, 11) is 1.86. The van der Waals surface area contributed by atoms with E-state index in [0.29, 0.717) is 0 Å². The number of furan rings is 1. The van der Waals surface area contributed by atoms with E-state index in [1.54, 1.807) is 28.9 Å². The highest BCUT2D eigenvalue weighted by Crippen LogP contribution is 2.30. The van der Waals surface area contributed by atoms with Crippen LogP contribution in [0.2, 0.25) is 0 Å². The minimum Gasteiger partial charge on any atom is -0.462 e. The van der Waals surface area contributed by atoms with Gasteiger partial charge in [-0.15, -0.1) is 22.7 Å². The average molecular weight is 263 g/mol. The second-order valence-electron chi connectivity index (χ2n) is 3.30. The van der Waals surface area contributed by atoms with Crippen LogP contribution in [0.1, 0.15) is 0 Å². The Bertz CT molecular complexity index is 612. The lowest BCUT2D eigenvalue weighted by Gasteiger charge is -1.89. The number of hydrogen-bond acceptors (Lipinski definition) is 6. The summed E-state index contributed by atoms with van der Waals surface area (Å²) in [4.78, 5) is 8.93. The number of thiazole rings is 2. The highest BCUT2D eigenvalue weighted by atomic mass is 32.1. The standard InChI is InChI=1S/C11H9N3OS2/c1-12-11-14-8(6-17-11)7-5-16-10(13-7)9-3-2-4-15-9/h2-6H,1H3,(H,12,14). The van der Waals surface area contributed by atoms with Gasteiger partial charge in [-0.1, -0.05) is 0 Å². The smallest absolute Gasteiger partial charge is 0.183 e. The molecule has 6 heteroatoms. The Hall–Kier alpha value is -1.66. The van der Waals surface area contributed by atoms with Gasteiger partial charge in [0.25, 0.3) is 0 Å². The van der Waals surface area contributed by atoms with Crippen molar-refractivity contribution >= 4 is 27.8 Å². The van der Waals surface area contributed by atoms with Gasteiger partial charge in [0.2, 0.25) is 0 Å². The van der Waals surface area contributed by atoms with Gasteiger partial charge in [-0.25, -0.2) is 9.97 Å². The predicted molar refractivity (Wildman–Crippen MR) is 70.5 cm³/mol. The molecule has 3 rings (SSSR count). The van der Waals surface area contributed by atoms with Crippen LogP contribution >= 0.6 is 22.7 Å². The van der Waals surface area contributed by atoms with Gasteiger partial charge in [0, 0.05) is 17.8 Å². The molecule has 86 valence electrons. The Morgan fingerprint density at radius 2 is 2.00 bits per heavy atom. The fraction of sp³-hybridized carbons (Fsp3) is 0.0909. The van der Waals surface area contributed by atoms with E-state index >= 15 is 0 Å². The van der Waals surface area contributed by atoms with Crippen LogP contribution in [0.5, 0.6) is 0 Å². The third kappa shape index (κ3) is 1.96. The molecule has 0 radical (unpaired) electrons. The minimum absolute atomic E-state index is 0.797. The van der Waals surface area contributed by atoms with E-state index in [4.69, 9.17) is 4.42 Å². The molecule has 17 heavy (non-hydrogen) atoms. The van der Waals surface area contributed by atoms with E-state index in [9.17, 15) is 0 Å². The van der Waals surface area contributed by atoms with Gasteiger partial charge in [0.15, 0.2) is 15.9 Å². The summed E-state index contributed by atoms with van der Waals surface area (Å²) in [5.41, 5.74) is 1.78. The van der Waals surface area contributed by atoms with Crippen molar-refractivity contribution in [2.75, 3.05) is 12.4 Å². The Morgan fingerprint density at radius 3 is 2.71 bits per heavy atom. The van der Waals surface area contributed by atoms with Crippen molar-refractivity contribution in [3.63, 3.8) is 0 Å². The molecule has 0 aromatic carbocycles. The zero-order valence-corrected chi connectivity index (χ0v) is 10.6. The number of rotatable bonds is 3. The lowest BCUT2D eigenvalue weighted by atomic mass is 10.4. The molecular weight excluding hydrogens is 254 g/mol. The van der Waals surface area contributed by atoms with Gasteiger partial charge in [0.1, 0.15) is 11.4 Å². The Labute approximate surface area is 106 Å². The van der Waals surface area contributed by atoms with E-state index in [2.05, 4.69) is 15.3 Å². The van der Waals surface area contributed by atoms with E-state index in [1.807, 2.05) is 29.9 Å². The summed E-state index contributed by atoms with van der Waals surface area (Å²) in [6.45, 7) is 0. The first-order valence-corrected chi connectivity index (χ1v) is 6.76. The number of anilines is 1. The largest absolute Gasteiger partial charge is 0.462 e. The number of aromatic nitrogens is 2. The second kappa shape index (κ2) is 4.31. The van der Waals surface area contributed by atoms with Crippen LogP contribution in [-0.2, 0) is 0 Å². The molecule has 0 saturated heterocycles. The first-order valence-electron chi connectivity index (χ1n) is 5.00. The maximum absolute atomic E-state index is 5.31. The van der Waals surface area contributed by atoms with Crippen molar-refractivity contribution in [1.29, 1.82) is 0 Å². The van der Waals surface area contributed by atoms with Crippen LogP contribution < -0.4 is 5.32 Å². The van der Waals surface area contributed by atoms with Gasteiger partial charge in [-0.3, -0.25) is 0 Å². The molecule has 0 atom stereocenters. The molecule has 0 aliphatic carbocycles. The van der Waals surface area contributed by atoms with Gasteiger partial charge >= 0.3 is 0 Å². The quantitative estimate of drug-likeness (QED) is 0.785. The van der Waals surface area contributed by atoms with Crippen molar-refractivity contribution in [3.05, 3.63) is 29.2 Å². The molecular formula is C11H9N3OS2. The van der Waals surface area contributed by atoms with Gasteiger partial charge in [-0.2, -0.15) is 0 Å². The zero-order chi connectivity index (χ0) is 11.7. The van der Waals surface area contributed by atoms with Crippen molar-refractivity contribution in [1.82, 2.24) is 9.97 Å². The number of nitrogens with one attached hydrogen (secondary N) is 1. The highest BCUT2D eigenvalue weighted by molar-refractivity contribution is 7.14. The van der Waals surface area contributed by atoms with E-state index < -0.39 is 0 Å². The molecule has 3 heterocycles. The van der Waals surface area contributed by atoms with Crippen molar-refractivity contribution in [2.24, 2.45) is 0 Å². The first kappa shape index (κ1) is 10.5. The summed E-state index contributed by atoms with van der Waals surface area (Å²) in [6.07, 6.45) is 1.65. The third-order valence-electron chi connectivity index (χ3n) is 2.22. The molecule has 0 saturated carbocycles. The molecule has 0 bridgehead atoms. The lowest BCUT2D eigenvalue weighted by Crippen LogP contribution is -1.86. The van der Waals surface area contributed by atoms with Crippen LogP contribution in [0.25, 0.3) is 22.2 Å². The summed E-state index contributed by atoms with van der Waals surface area (Å²) in [5.74, 6) is 0.797. The number of nitrogens with zero attached hydrogens (tertiary/aromatic N) is 2. The third-order valence-corrected chi connectivity index (χ3v) is 3.93. The molecule has 0 spiro atoms. The van der Waals surface area contributed by atoms with E-state index in [-0.39, 0.29) is 0 Å². The van der Waals surface area contributed by atoms with E-state index in [0.717, 1.165) is 27.3 Å². The summed E-state index contributed by atoms with van der Waals surface area (Å²) < 4.78 is 5.31. The van der Waals surface area contributed by atoms with Gasteiger partial charge in [0.05, 0.1) is 6.26 Å². The molecule has 3 aromatic rings. The molecule has 0 aliphatic rings. The maximum Gasteiger partial charge on any atom is 0.183 e. The van der Waals surface area contributed by atoms with Crippen molar-refractivity contribution < 1.29 is 4.42 Å². The SMILES string of the molecule is CNc1nc(-c2csc(-c3ccco3)n2)cs1. The molecule has 0 amide bonds. The molecule has 0 unspecified atom stereocenters. The Kier molecular flexibility index (Phi) is 2.66. The predicted octanol–water partition coefficient (Wildman–Crippen LogP) is 3.57. The highest BCUT2D eigenvalue weighted by Gasteiger charge is 2.10. The van der Waals surface area contributed by atoms with Crippen LogP contribution in [0.3, 0.4) is 0 Å². The topological polar surface area (TPSA) is 51.0 Å². The average Bonchev–Trinajstić information content (AvgIpc) is 3.09. The summed E-state index contributed by atoms with van der Waals surface area (Å²) >= 11 is 3.13. The minimum atomic E-state index is 0.797.